The lowest BCUT2D eigenvalue weighted by atomic mass is 9.92. The maximum absolute atomic E-state index is 12.5. The highest BCUT2D eigenvalue weighted by molar-refractivity contribution is 7.86. The first-order valence-corrected chi connectivity index (χ1v) is 15.7. The Morgan fingerprint density at radius 1 is 0.429 bits per heavy atom. The first kappa shape index (κ1) is 27.4. The Kier molecular flexibility index (Phi) is 6.91. The van der Waals surface area contributed by atoms with Gasteiger partial charge in [0.15, 0.2) is 0 Å². The second kappa shape index (κ2) is 10.6. The van der Waals surface area contributed by atoms with Gasteiger partial charge < -0.3 is 10.6 Å². The lowest BCUT2D eigenvalue weighted by molar-refractivity contribution is 0.482. The van der Waals surface area contributed by atoms with Crippen molar-refractivity contribution in [2.75, 3.05) is 10.6 Å². The Labute approximate surface area is 242 Å². The molecule has 210 valence electrons. The number of para-hydroxylation sites is 2. The summed E-state index contributed by atoms with van der Waals surface area (Å²) in [4.78, 5) is -0.545. The van der Waals surface area contributed by atoms with Gasteiger partial charge in [-0.25, -0.2) is 0 Å². The fourth-order valence-electron chi connectivity index (χ4n) is 5.21. The first-order chi connectivity index (χ1) is 20.1. The highest BCUT2D eigenvalue weighted by Gasteiger charge is 2.23. The number of hydrogen-bond acceptors (Lipinski definition) is 6. The molecule has 0 saturated carbocycles. The second-order valence-electron chi connectivity index (χ2n) is 9.61. The monoisotopic (exact) mass is 596 g/mol. The molecule has 0 saturated heterocycles. The molecule has 0 aliphatic carbocycles. The van der Waals surface area contributed by atoms with Gasteiger partial charge in [-0.15, -0.1) is 0 Å². The van der Waals surface area contributed by atoms with Gasteiger partial charge >= 0.3 is 0 Å². The Morgan fingerprint density at radius 2 is 0.810 bits per heavy atom. The van der Waals surface area contributed by atoms with Gasteiger partial charge in [0.25, 0.3) is 20.2 Å². The summed E-state index contributed by atoms with van der Waals surface area (Å²) in [6, 6.07) is 34.7. The highest BCUT2D eigenvalue weighted by Crippen LogP contribution is 2.43. The Hall–Kier alpha value is -4.74. The van der Waals surface area contributed by atoms with Crippen molar-refractivity contribution in [1.82, 2.24) is 0 Å². The van der Waals surface area contributed by atoms with Crippen molar-refractivity contribution in [3.05, 3.63) is 121 Å². The van der Waals surface area contributed by atoms with Gasteiger partial charge in [-0.2, -0.15) is 16.8 Å². The van der Waals surface area contributed by atoms with Crippen molar-refractivity contribution in [2.24, 2.45) is 0 Å². The minimum atomic E-state index is -4.62. The van der Waals surface area contributed by atoms with E-state index in [1.807, 2.05) is 60.7 Å². The van der Waals surface area contributed by atoms with E-state index in [0.29, 0.717) is 33.3 Å². The maximum atomic E-state index is 12.5. The molecule has 10 heteroatoms. The number of benzene rings is 6. The van der Waals surface area contributed by atoms with Crippen LogP contribution in [0.25, 0.3) is 32.7 Å². The smallest absolute Gasteiger partial charge is 0.295 e. The van der Waals surface area contributed by atoms with Crippen LogP contribution in [0.3, 0.4) is 0 Å². The summed E-state index contributed by atoms with van der Waals surface area (Å²) in [5, 5.41) is 8.04. The van der Waals surface area contributed by atoms with E-state index in [4.69, 9.17) is 0 Å². The van der Waals surface area contributed by atoms with Gasteiger partial charge in [0, 0.05) is 33.5 Å². The van der Waals surface area contributed by atoms with Crippen LogP contribution in [0.15, 0.2) is 131 Å². The van der Waals surface area contributed by atoms with E-state index in [9.17, 15) is 25.9 Å². The van der Waals surface area contributed by atoms with Crippen LogP contribution in [0.1, 0.15) is 0 Å². The molecule has 0 atom stereocenters. The number of rotatable bonds is 7. The standard InChI is InChI=1S/C32H24N2O6S2/c35-41(36,37)29-19-17-23(25-13-7-15-27(31(25)29)33-21-9-3-1-4-10-21)24-18-20-30(42(38,39)40)32-26(24)14-8-16-28(32)34-22-11-5-2-6-12-22/h1-20,33-34H,(H,35,36,37)(H,38,39,40). The maximum Gasteiger partial charge on any atom is 0.295 e. The highest BCUT2D eigenvalue weighted by atomic mass is 32.2. The third-order valence-corrected chi connectivity index (χ3v) is 8.75. The van der Waals surface area contributed by atoms with Crippen molar-refractivity contribution in [1.29, 1.82) is 0 Å². The van der Waals surface area contributed by atoms with Gasteiger partial charge in [-0.1, -0.05) is 72.8 Å². The molecule has 8 nitrogen and oxygen atoms in total. The molecule has 0 unspecified atom stereocenters. The van der Waals surface area contributed by atoms with E-state index in [1.54, 1.807) is 48.5 Å². The van der Waals surface area contributed by atoms with Crippen molar-refractivity contribution in [3.8, 4) is 11.1 Å². The van der Waals surface area contributed by atoms with Crippen LogP contribution in [0, 0.1) is 0 Å². The number of nitrogens with one attached hydrogen (secondary N) is 2. The molecule has 0 bridgehead atoms. The van der Waals surface area contributed by atoms with Crippen LogP contribution in [0.2, 0.25) is 0 Å². The van der Waals surface area contributed by atoms with E-state index < -0.39 is 20.2 Å². The van der Waals surface area contributed by atoms with Crippen molar-refractivity contribution in [2.45, 2.75) is 9.79 Å². The summed E-state index contributed by atoms with van der Waals surface area (Å²) in [6.45, 7) is 0. The van der Waals surface area contributed by atoms with Crippen molar-refractivity contribution < 1.29 is 25.9 Å². The fraction of sp³-hybridized carbons (Fsp3) is 0. The summed E-state index contributed by atoms with van der Waals surface area (Å²) in [5.74, 6) is 0. The lowest BCUT2D eigenvalue weighted by Crippen LogP contribution is -2.04. The quantitative estimate of drug-likeness (QED) is 0.138. The summed E-state index contributed by atoms with van der Waals surface area (Å²) in [7, 11) is -9.23. The summed E-state index contributed by atoms with van der Waals surface area (Å²) in [5.41, 5.74) is 3.54. The summed E-state index contributed by atoms with van der Waals surface area (Å²) in [6.07, 6.45) is 0. The zero-order valence-electron chi connectivity index (χ0n) is 21.9. The minimum Gasteiger partial charge on any atom is -0.355 e. The fourth-order valence-corrected chi connectivity index (χ4v) is 6.65. The molecule has 42 heavy (non-hydrogen) atoms. The third kappa shape index (κ3) is 5.19. The van der Waals surface area contributed by atoms with Gasteiger partial charge in [-0.05, 0) is 70.4 Å². The molecule has 0 aliphatic rings. The van der Waals surface area contributed by atoms with Crippen molar-refractivity contribution >= 4 is 64.5 Å². The topological polar surface area (TPSA) is 133 Å². The average Bonchev–Trinajstić information content (AvgIpc) is 2.96. The number of anilines is 4. The molecule has 0 fully saturated rings. The number of fused-ring (bicyclic) bond motifs is 2. The van der Waals surface area contributed by atoms with Crippen LogP contribution >= 0.6 is 0 Å². The van der Waals surface area contributed by atoms with Gasteiger partial charge in [-0.3, -0.25) is 9.11 Å². The summed E-state index contributed by atoms with van der Waals surface area (Å²) >= 11 is 0. The molecule has 0 aliphatic heterocycles. The molecule has 0 aromatic heterocycles. The molecule has 4 N–H and O–H groups in total. The molecule has 6 aromatic carbocycles. The van der Waals surface area contributed by atoms with Gasteiger partial charge in [0.05, 0.1) is 0 Å². The molecule has 0 radical (unpaired) electrons. The molecule has 6 aromatic rings. The Morgan fingerprint density at radius 3 is 1.17 bits per heavy atom. The molecule has 6 rings (SSSR count). The van der Waals surface area contributed by atoms with E-state index in [-0.39, 0.29) is 20.6 Å². The van der Waals surface area contributed by atoms with Gasteiger partial charge in [0.1, 0.15) is 9.79 Å². The SMILES string of the molecule is O=S(=O)(O)c1ccc(-c2ccc(S(=O)(=O)O)c3c(Nc4ccccc4)cccc23)c2cccc(Nc3ccccc3)c12. The third-order valence-electron chi connectivity index (χ3n) is 6.96. The van der Waals surface area contributed by atoms with E-state index in [1.165, 1.54) is 12.1 Å². The molecule has 0 amide bonds. The van der Waals surface area contributed by atoms with Crippen molar-refractivity contribution in [3.63, 3.8) is 0 Å². The largest absolute Gasteiger partial charge is 0.355 e. The van der Waals surface area contributed by atoms with E-state index in [0.717, 1.165) is 11.4 Å². The average molecular weight is 597 g/mol. The van der Waals surface area contributed by atoms with Crippen LogP contribution in [-0.4, -0.2) is 25.9 Å². The summed E-state index contributed by atoms with van der Waals surface area (Å²) < 4.78 is 70.3. The normalized spacial score (nSPS) is 12.0. The lowest BCUT2D eigenvalue weighted by Gasteiger charge is -2.18. The molecule has 0 heterocycles. The predicted molar refractivity (Wildman–Crippen MR) is 166 cm³/mol. The molecular weight excluding hydrogens is 572 g/mol. The Balaban J connectivity index is 1.65. The van der Waals surface area contributed by atoms with Gasteiger partial charge in [0.2, 0.25) is 0 Å². The van der Waals surface area contributed by atoms with Crippen LogP contribution in [0.5, 0.6) is 0 Å². The zero-order valence-corrected chi connectivity index (χ0v) is 23.5. The number of hydrogen-bond donors (Lipinski definition) is 4. The molecule has 0 spiro atoms. The minimum absolute atomic E-state index is 0.270. The zero-order chi connectivity index (χ0) is 29.5. The van der Waals surface area contributed by atoms with E-state index in [2.05, 4.69) is 10.6 Å². The van der Waals surface area contributed by atoms with E-state index >= 15 is 0 Å². The predicted octanol–water partition coefficient (Wildman–Crippen LogP) is 7.64. The first-order valence-electron chi connectivity index (χ1n) is 12.8. The van der Waals surface area contributed by atoms with Crippen LogP contribution in [-0.2, 0) is 20.2 Å². The van der Waals surface area contributed by atoms with Crippen LogP contribution in [0.4, 0.5) is 22.7 Å². The second-order valence-corrected chi connectivity index (χ2v) is 12.4. The molecular formula is C32H24N2O6S2. The Bertz CT molecular complexity index is 2030. The van der Waals surface area contributed by atoms with Crippen LogP contribution < -0.4 is 10.6 Å².